The van der Waals surface area contributed by atoms with E-state index in [4.69, 9.17) is 0 Å². The monoisotopic (exact) mass is 190 g/mol. The third-order valence-corrected chi connectivity index (χ3v) is 2.19. The second kappa shape index (κ2) is 3.72. The van der Waals surface area contributed by atoms with Gasteiger partial charge in [0.1, 0.15) is 5.82 Å². The van der Waals surface area contributed by atoms with E-state index in [2.05, 4.69) is 10.3 Å². The molecule has 72 valence electrons. The van der Waals surface area contributed by atoms with Crippen LogP contribution in [0.1, 0.15) is 5.56 Å². The van der Waals surface area contributed by atoms with Crippen molar-refractivity contribution in [1.82, 2.24) is 10.3 Å². The Labute approximate surface area is 81.8 Å². The lowest BCUT2D eigenvalue weighted by Crippen LogP contribution is -2.07. The molecule has 3 heteroatoms. The second-order valence-electron chi connectivity index (χ2n) is 3.13. The van der Waals surface area contributed by atoms with E-state index in [9.17, 15) is 4.39 Å². The standard InChI is InChI=1S/C11H11FN2/c1-13-7-9-8-3-2-6-14-11(8)5-4-10(9)12/h2-6,13H,7H2,1H3. The fraction of sp³-hybridized carbons (Fsp3) is 0.182. The first-order chi connectivity index (χ1) is 6.83. The zero-order valence-electron chi connectivity index (χ0n) is 7.92. The number of halogens is 1. The molecule has 1 aromatic carbocycles. The number of pyridine rings is 1. The van der Waals surface area contributed by atoms with Crippen LogP contribution >= 0.6 is 0 Å². The van der Waals surface area contributed by atoms with Gasteiger partial charge < -0.3 is 5.32 Å². The molecule has 0 aliphatic rings. The average molecular weight is 190 g/mol. The molecular formula is C11H11FN2. The van der Waals surface area contributed by atoms with E-state index in [-0.39, 0.29) is 5.82 Å². The Hall–Kier alpha value is -1.48. The van der Waals surface area contributed by atoms with Gasteiger partial charge in [0.05, 0.1) is 5.52 Å². The van der Waals surface area contributed by atoms with Crippen molar-refractivity contribution in [2.24, 2.45) is 0 Å². The van der Waals surface area contributed by atoms with Crippen LogP contribution in [0.2, 0.25) is 0 Å². The number of aromatic nitrogens is 1. The van der Waals surface area contributed by atoms with Crippen molar-refractivity contribution >= 4 is 10.9 Å². The van der Waals surface area contributed by atoms with Gasteiger partial charge in [0.15, 0.2) is 0 Å². The molecular weight excluding hydrogens is 179 g/mol. The molecule has 0 atom stereocenters. The molecule has 0 radical (unpaired) electrons. The third-order valence-electron chi connectivity index (χ3n) is 2.19. The number of nitrogens with zero attached hydrogens (tertiary/aromatic N) is 1. The molecule has 0 amide bonds. The normalized spacial score (nSPS) is 10.7. The minimum Gasteiger partial charge on any atom is -0.316 e. The first-order valence-electron chi connectivity index (χ1n) is 4.49. The number of fused-ring (bicyclic) bond motifs is 1. The SMILES string of the molecule is CNCc1c(F)ccc2ncccc12. The van der Waals surface area contributed by atoms with E-state index >= 15 is 0 Å². The summed E-state index contributed by atoms with van der Waals surface area (Å²) >= 11 is 0. The molecule has 1 N–H and O–H groups in total. The quantitative estimate of drug-likeness (QED) is 0.784. The molecule has 14 heavy (non-hydrogen) atoms. The molecule has 0 aliphatic carbocycles. The predicted octanol–water partition coefficient (Wildman–Crippen LogP) is 2.09. The Morgan fingerprint density at radius 3 is 3.00 bits per heavy atom. The molecule has 2 nitrogen and oxygen atoms in total. The first kappa shape index (κ1) is 9.09. The van der Waals surface area contributed by atoms with Gasteiger partial charge in [-0.25, -0.2) is 4.39 Å². The Morgan fingerprint density at radius 1 is 1.36 bits per heavy atom. The van der Waals surface area contributed by atoms with Crippen LogP contribution in [0, 0.1) is 5.82 Å². The Bertz CT molecular complexity index is 454. The van der Waals surface area contributed by atoms with Crippen LogP contribution in [0.15, 0.2) is 30.5 Å². The van der Waals surface area contributed by atoms with E-state index in [0.717, 1.165) is 10.9 Å². The fourth-order valence-electron chi connectivity index (χ4n) is 1.54. The van der Waals surface area contributed by atoms with Crippen molar-refractivity contribution in [2.75, 3.05) is 7.05 Å². The van der Waals surface area contributed by atoms with E-state index in [1.807, 2.05) is 12.1 Å². The third kappa shape index (κ3) is 1.46. The van der Waals surface area contributed by atoms with Gasteiger partial charge in [0, 0.05) is 23.7 Å². The molecule has 1 heterocycles. The van der Waals surface area contributed by atoms with Gasteiger partial charge in [-0.15, -0.1) is 0 Å². The molecule has 0 bridgehead atoms. The summed E-state index contributed by atoms with van der Waals surface area (Å²) in [5.74, 6) is -0.181. The number of benzene rings is 1. The van der Waals surface area contributed by atoms with Crippen molar-refractivity contribution in [3.05, 3.63) is 41.8 Å². The summed E-state index contributed by atoms with van der Waals surface area (Å²) in [7, 11) is 1.80. The molecule has 0 unspecified atom stereocenters. The van der Waals surface area contributed by atoms with E-state index in [0.29, 0.717) is 12.1 Å². The molecule has 1 aromatic heterocycles. The number of hydrogen-bond donors (Lipinski definition) is 1. The summed E-state index contributed by atoms with van der Waals surface area (Å²) in [4.78, 5) is 4.17. The van der Waals surface area contributed by atoms with Crippen molar-refractivity contribution < 1.29 is 4.39 Å². The summed E-state index contributed by atoms with van der Waals surface area (Å²) in [5.41, 5.74) is 1.51. The van der Waals surface area contributed by atoms with Crippen molar-refractivity contribution in [3.8, 4) is 0 Å². The highest BCUT2D eigenvalue weighted by molar-refractivity contribution is 5.82. The summed E-state index contributed by atoms with van der Waals surface area (Å²) in [6.45, 7) is 0.523. The molecule has 0 saturated heterocycles. The van der Waals surface area contributed by atoms with Crippen LogP contribution in [0.5, 0.6) is 0 Å². The number of rotatable bonds is 2. The highest BCUT2D eigenvalue weighted by Gasteiger charge is 2.06. The van der Waals surface area contributed by atoms with Gasteiger partial charge in [0.25, 0.3) is 0 Å². The Balaban J connectivity index is 2.69. The van der Waals surface area contributed by atoms with Gasteiger partial charge in [-0.3, -0.25) is 4.98 Å². The first-order valence-corrected chi connectivity index (χ1v) is 4.49. The van der Waals surface area contributed by atoms with Crippen molar-refractivity contribution in [2.45, 2.75) is 6.54 Å². The van der Waals surface area contributed by atoms with Crippen LogP contribution in [0.4, 0.5) is 4.39 Å². The minimum atomic E-state index is -0.181. The van der Waals surface area contributed by atoms with E-state index in [1.54, 1.807) is 19.3 Å². The number of hydrogen-bond acceptors (Lipinski definition) is 2. The lowest BCUT2D eigenvalue weighted by Gasteiger charge is -2.06. The fourth-order valence-corrected chi connectivity index (χ4v) is 1.54. The van der Waals surface area contributed by atoms with Gasteiger partial charge in [-0.2, -0.15) is 0 Å². The van der Waals surface area contributed by atoms with Crippen LogP contribution in [0.3, 0.4) is 0 Å². The van der Waals surface area contributed by atoms with Crippen LogP contribution in [-0.2, 0) is 6.54 Å². The van der Waals surface area contributed by atoms with Crippen LogP contribution in [-0.4, -0.2) is 12.0 Å². The van der Waals surface area contributed by atoms with Gasteiger partial charge in [-0.05, 0) is 25.2 Å². The summed E-state index contributed by atoms with van der Waals surface area (Å²) < 4.78 is 13.4. The second-order valence-corrected chi connectivity index (χ2v) is 3.13. The molecule has 0 fully saturated rings. The lowest BCUT2D eigenvalue weighted by molar-refractivity contribution is 0.604. The summed E-state index contributed by atoms with van der Waals surface area (Å²) in [5, 5.41) is 3.83. The highest BCUT2D eigenvalue weighted by Crippen LogP contribution is 2.19. The molecule has 0 spiro atoms. The maximum absolute atomic E-state index is 13.4. The average Bonchev–Trinajstić information content (AvgIpc) is 2.23. The zero-order chi connectivity index (χ0) is 9.97. The maximum atomic E-state index is 13.4. The topological polar surface area (TPSA) is 24.9 Å². The predicted molar refractivity (Wildman–Crippen MR) is 54.5 cm³/mol. The van der Waals surface area contributed by atoms with E-state index in [1.165, 1.54) is 6.07 Å². The summed E-state index contributed by atoms with van der Waals surface area (Å²) in [6.07, 6.45) is 1.71. The maximum Gasteiger partial charge on any atom is 0.128 e. The molecule has 2 rings (SSSR count). The lowest BCUT2D eigenvalue weighted by atomic mass is 10.1. The smallest absolute Gasteiger partial charge is 0.128 e. The highest BCUT2D eigenvalue weighted by atomic mass is 19.1. The van der Waals surface area contributed by atoms with Gasteiger partial charge >= 0.3 is 0 Å². The molecule has 2 aromatic rings. The zero-order valence-corrected chi connectivity index (χ0v) is 7.92. The van der Waals surface area contributed by atoms with Crippen LogP contribution in [0.25, 0.3) is 10.9 Å². The van der Waals surface area contributed by atoms with Gasteiger partial charge in [-0.1, -0.05) is 6.07 Å². The Kier molecular flexibility index (Phi) is 2.41. The number of nitrogens with one attached hydrogen (secondary N) is 1. The van der Waals surface area contributed by atoms with Crippen molar-refractivity contribution in [1.29, 1.82) is 0 Å². The minimum absolute atomic E-state index is 0.181. The van der Waals surface area contributed by atoms with Gasteiger partial charge in [0.2, 0.25) is 0 Å². The Morgan fingerprint density at radius 2 is 2.21 bits per heavy atom. The van der Waals surface area contributed by atoms with E-state index < -0.39 is 0 Å². The molecule has 0 aliphatic heterocycles. The van der Waals surface area contributed by atoms with Crippen LogP contribution < -0.4 is 5.32 Å². The summed E-state index contributed by atoms with van der Waals surface area (Å²) in [6, 6.07) is 6.87. The molecule has 0 saturated carbocycles. The van der Waals surface area contributed by atoms with Crippen molar-refractivity contribution in [3.63, 3.8) is 0 Å². The largest absolute Gasteiger partial charge is 0.316 e.